The van der Waals surface area contributed by atoms with Crippen molar-refractivity contribution in [3.8, 4) is 0 Å². The van der Waals surface area contributed by atoms with Gasteiger partial charge in [-0.2, -0.15) is 5.10 Å². The molecule has 0 fully saturated rings. The lowest BCUT2D eigenvalue weighted by atomic mass is 9.88. The van der Waals surface area contributed by atoms with E-state index in [1.807, 2.05) is 17.9 Å². The maximum absolute atomic E-state index is 4.34. The van der Waals surface area contributed by atoms with Gasteiger partial charge in [-0.25, -0.2) is 0 Å². The van der Waals surface area contributed by atoms with Crippen LogP contribution in [-0.2, 0) is 19.9 Å². The smallest absolute Gasteiger partial charge is 0.0540 e. The molecule has 106 valence electrons. The van der Waals surface area contributed by atoms with Crippen LogP contribution in [0.2, 0.25) is 0 Å². The van der Waals surface area contributed by atoms with E-state index in [1.54, 1.807) is 0 Å². The van der Waals surface area contributed by atoms with Crippen LogP contribution < -0.4 is 5.32 Å². The van der Waals surface area contributed by atoms with E-state index < -0.39 is 0 Å². The van der Waals surface area contributed by atoms with Crippen LogP contribution in [0, 0.1) is 6.92 Å². The van der Waals surface area contributed by atoms with E-state index in [1.165, 1.54) is 35.2 Å². The Balaban J connectivity index is 1.69. The lowest BCUT2D eigenvalue weighted by Gasteiger charge is -2.28. The van der Waals surface area contributed by atoms with Crippen LogP contribution in [0.25, 0.3) is 0 Å². The van der Waals surface area contributed by atoms with Crippen LogP contribution in [-0.4, -0.2) is 15.8 Å². The number of nitrogens with zero attached hydrogens (tertiary/aromatic N) is 2. The molecule has 1 aliphatic rings. The Bertz CT molecular complexity index is 600. The second-order valence-corrected chi connectivity index (χ2v) is 5.91. The molecule has 1 aromatic heterocycles. The first-order chi connectivity index (χ1) is 9.65. The number of hydrogen-bond donors (Lipinski definition) is 1. The fourth-order valence-electron chi connectivity index (χ4n) is 3.22. The molecule has 0 bridgehead atoms. The molecule has 20 heavy (non-hydrogen) atoms. The van der Waals surface area contributed by atoms with E-state index >= 15 is 0 Å². The molecule has 1 aromatic carbocycles. The molecule has 2 aromatic rings. The minimum atomic E-state index is 0.360. The quantitative estimate of drug-likeness (QED) is 0.928. The summed E-state index contributed by atoms with van der Waals surface area (Å²) in [6.45, 7) is 4.38. The lowest BCUT2D eigenvalue weighted by molar-refractivity contribution is 0.413. The largest absolute Gasteiger partial charge is 0.307 e. The van der Waals surface area contributed by atoms with Crippen molar-refractivity contribution in [1.82, 2.24) is 15.1 Å². The van der Waals surface area contributed by atoms with Crippen molar-refractivity contribution in [3.05, 3.63) is 52.8 Å². The van der Waals surface area contributed by atoms with E-state index in [-0.39, 0.29) is 0 Å². The first kappa shape index (κ1) is 13.4. The summed E-state index contributed by atoms with van der Waals surface area (Å²) in [6.07, 6.45) is 5.54. The monoisotopic (exact) mass is 269 g/mol. The molecule has 0 spiro atoms. The third-order valence-electron chi connectivity index (χ3n) is 4.57. The van der Waals surface area contributed by atoms with Gasteiger partial charge in [0, 0.05) is 30.4 Å². The zero-order chi connectivity index (χ0) is 14.1. The summed E-state index contributed by atoms with van der Waals surface area (Å²) >= 11 is 0. The number of nitrogens with one attached hydrogen (secondary N) is 1. The van der Waals surface area contributed by atoms with E-state index in [4.69, 9.17) is 0 Å². The van der Waals surface area contributed by atoms with Gasteiger partial charge in [-0.05, 0) is 44.2 Å². The Morgan fingerprint density at radius 3 is 2.75 bits per heavy atom. The van der Waals surface area contributed by atoms with Crippen LogP contribution in [0.15, 0.2) is 30.5 Å². The summed E-state index contributed by atoms with van der Waals surface area (Å²) in [5.74, 6) is 0. The second-order valence-electron chi connectivity index (χ2n) is 5.91. The summed E-state index contributed by atoms with van der Waals surface area (Å²) in [4.78, 5) is 0. The summed E-state index contributed by atoms with van der Waals surface area (Å²) < 4.78 is 1.95. The Morgan fingerprint density at radius 2 is 2.05 bits per heavy atom. The van der Waals surface area contributed by atoms with Gasteiger partial charge in [-0.1, -0.05) is 24.3 Å². The van der Waals surface area contributed by atoms with Crippen molar-refractivity contribution in [1.29, 1.82) is 0 Å². The topological polar surface area (TPSA) is 29.9 Å². The zero-order valence-corrected chi connectivity index (χ0v) is 12.6. The van der Waals surface area contributed by atoms with Gasteiger partial charge < -0.3 is 5.32 Å². The molecule has 1 aliphatic carbocycles. The predicted octanol–water partition coefficient (Wildman–Crippen LogP) is 2.94. The number of benzene rings is 1. The Labute approximate surface area is 121 Å². The Hall–Kier alpha value is -1.61. The van der Waals surface area contributed by atoms with Crippen LogP contribution >= 0.6 is 0 Å². The Kier molecular flexibility index (Phi) is 3.62. The van der Waals surface area contributed by atoms with E-state index in [2.05, 4.69) is 48.5 Å². The minimum Gasteiger partial charge on any atom is -0.307 e. The van der Waals surface area contributed by atoms with E-state index in [0.29, 0.717) is 12.1 Å². The molecule has 0 saturated carbocycles. The number of aryl methyl sites for hydroxylation is 2. The average Bonchev–Trinajstić information content (AvgIpc) is 2.79. The molecule has 0 radical (unpaired) electrons. The SMILES string of the molecule is Cc1c(C(C)NC2CCc3ccccc3C2)cnn1C. The van der Waals surface area contributed by atoms with Gasteiger partial charge in [-0.15, -0.1) is 0 Å². The minimum absolute atomic E-state index is 0.360. The molecule has 3 rings (SSSR count). The van der Waals surface area contributed by atoms with Gasteiger partial charge in [0.25, 0.3) is 0 Å². The van der Waals surface area contributed by atoms with Crippen LogP contribution in [0.3, 0.4) is 0 Å². The third-order valence-corrected chi connectivity index (χ3v) is 4.57. The van der Waals surface area contributed by atoms with Crippen molar-refractivity contribution in [3.63, 3.8) is 0 Å². The molecule has 1 heterocycles. The lowest BCUT2D eigenvalue weighted by Crippen LogP contribution is -2.36. The molecule has 2 atom stereocenters. The van der Waals surface area contributed by atoms with Gasteiger partial charge in [0.2, 0.25) is 0 Å². The highest BCUT2D eigenvalue weighted by molar-refractivity contribution is 5.30. The highest BCUT2D eigenvalue weighted by atomic mass is 15.3. The summed E-state index contributed by atoms with van der Waals surface area (Å²) in [7, 11) is 2.00. The molecule has 2 unspecified atom stereocenters. The van der Waals surface area contributed by atoms with Gasteiger partial charge in [-0.3, -0.25) is 4.68 Å². The van der Waals surface area contributed by atoms with Crippen LogP contribution in [0.5, 0.6) is 0 Å². The number of hydrogen-bond acceptors (Lipinski definition) is 2. The van der Waals surface area contributed by atoms with Gasteiger partial charge in [0.1, 0.15) is 0 Å². The molecule has 3 heteroatoms. The maximum atomic E-state index is 4.34. The van der Waals surface area contributed by atoms with Crippen LogP contribution in [0.1, 0.15) is 41.8 Å². The molecule has 0 amide bonds. The summed E-state index contributed by atoms with van der Waals surface area (Å²) in [6, 6.07) is 9.76. The molecule has 3 nitrogen and oxygen atoms in total. The fraction of sp³-hybridized carbons (Fsp3) is 0.471. The fourth-order valence-corrected chi connectivity index (χ4v) is 3.22. The van der Waals surface area contributed by atoms with E-state index in [0.717, 1.165) is 6.42 Å². The third kappa shape index (κ3) is 2.50. The zero-order valence-electron chi connectivity index (χ0n) is 12.6. The highest BCUT2D eigenvalue weighted by Crippen LogP contribution is 2.24. The molecule has 0 aliphatic heterocycles. The van der Waals surface area contributed by atoms with Crippen molar-refractivity contribution in [2.45, 2.75) is 45.2 Å². The molecular formula is C17H23N3. The van der Waals surface area contributed by atoms with Crippen molar-refractivity contribution >= 4 is 0 Å². The standard InChI is InChI=1S/C17H23N3/c1-12(17-11-18-20(3)13(17)2)19-16-9-8-14-6-4-5-7-15(14)10-16/h4-7,11-12,16,19H,8-10H2,1-3H3. The van der Waals surface area contributed by atoms with Crippen LogP contribution in [0.4, 0.5) is 0 Å². The normalized spacial score (nSPS) is 19.6. The maximum Gasteiger partial charge on any atom is 0.0540 e. The second kappa shape index (κ2) is 5.41. The first-order valence-electron chi connectivity index (χ1n) is 7.46. The number of rotatable bonds is 3. The first-order valence-corrected chi connectivity index (χ1v) is 7.46. The molecular weight excluding hydrogens is 246 g/mol. The Morgan fingerprint density at radius 1 is 1.30 bits per heavy atom. The summed E-state index contributed by atoms with van der Waals surface area (Å²) in [5.41, 5.74) is 5.59. The van der Waals surface area contributed by atoms with Gasteiger partial charge in [0.05, 0.1) is 6.20 Å². The number of aromatic nitrogens is 2. The van der Waals surface area contributed by atoms with Crippen molar-refractivity contribution in [2.75, 3.05) is 0 Å². The predicted molar refractivity (Wildman–Crippen MR) is 81.8 cm³/mol. The van der Waals surface area contributed by atoms with Crippen molar-refractivity contribution < 1.29 is 0 Å². The van der Waals surface area contributed by atoms with E-state index in [9.17, 15) is 0 Å². The number of fused-ring (bicyclic) bond motifs is 1. The highest BCUT2D eigenvalue weighted by Gasteiger charge is 2.21. The molecule has 0 saturated heterocycles. The van der Waals surface area contributed by atoms with Crippen molar-refractivity contribution in [2.24, 2.45) is 7.05 Å². The molecule has 1 N–H and O–H groups in total. The van der Waals surface area contributed by atoms with Gasteiger partial charge in [0.15, 0.2) is 0 Å². The average molecular weight is 269 g/mol. The van der Waals surface area contributed by atoms with Gasteiger partial charge >= 0.3 is 0 Å². The summed E-state index contributed by atoms with van der Waals surface area (Å²) in [5, 5.41) is 8.12.